The van der Waals surface area contributed by atoms with E-state index >= 15 is 0 Å². The van der Waals surface area contributed by atoms with Crippen molar-refractivity contribution in [2.24, 2.45) is 0 Å². The summed E-state index contributed by atoms with van der Waals surface area (Å²) in [5.74, 6) is 0. The summed E-state index contributed by atoms with van der Waals surface area (Å²) < 4.78 is -0.650. The SMILES string of the molecule is BrC(Br)(Br)c1ccc(C(Br)(Br)Br)s1. The third kappa shape index (κ3) is 4.15. The van der Waals surface area contributed by atoms with Gasteiger partial charge in [0.15, 0.2) is 4.29 Å². The molecule has 0 saturated heterocycles. The van der Waals surface area contributed by atoms with E-state index < -0.39 is 0 Å². The van der Waals surface area contributed by atoms with Gasteiger partial charge in [0.1, 0.15) is 0 Å². The van der Waals surface area contributed by atoms with Gasteiger partial charge in [0, 0.05) is 9.75 Å². The van der Waals surface area contributed by atoms with E-state index in [0.29, 0.717) is 0 Å². The number of hydrogen-bond acceptors (Lipinski definition) is 1. The van der Waals surface area contributed by atoms with Gasteiger partial charge in [-0.25, -0.2) is 0 Å². The molecule has 0 radical (unpaired) electrons. The van der Waals surface area contributed by atoms with Gasteiger partial charge in [0.2, 0.25) is 0 Å². The van der Waals surface area contributed by atoms with Gasteiger partial charge in [-0.05, 0) is 12.1 Å². The fraction of sp³-hybridized carbons (Fsp3) is 0.333. The zero-order valence-corrected chi connectivity index (χ0v) is 16.2. The second-order valence-electron chi connectivity index (χ2n) is 2.16. The van der Waals surface area contributed by atoms with Crippen LogP contribution in [0.25, 0.3) is 0 Å². The molecule has 0 bridgehead atoms. The topological polar surface area (TPSA) is 0 Å². The summed E-state index contributed by atoms with van der Waals surface area (Å²) in [6, 6.07) is 4.08. The summed E-state index contributed by atoms with van der Waals surface area (Å²) in [4.78, 5) is 2.29. The molecule has 74 valence electrons. The van der Waals surface area contributed by atoms with Crippen LogP contribution in [-0.4, -0.2) is 0 Å². The maximum absolute atomic E-state index is 3.46. The number of halogens is 6. The van der Waals surface area contributed by atoms with Crippen molar-refractivity contribution in [1.82, 2.24) is 0 Å². The molecule has 1 rings (SSSR count). The average molecular weight is 586 g/mol. The molecule has 0 spiro atoms. The van der Waals surface area contributed by atoms with E-state index in [-0.39, 0.29) is 4.29 Å². The lowest BCUT2D eigenvalue weighted by Crippen LogP contribution is -1.93. The van der Waals surface area contributed by atoms with E-state index in [1.165, 1.54) is 0 Å². The molecule has 0 atom stereocenters. The first-order valence-corrected chi connectivity index (χ1v) is 8.53. The quantitative estimate of drug-likeness (QED) is 0.312. The molecule has 0 aliphatic rings. The van der Waals surface area contributed by atoms with E-state index in [1.54, 1.807) is 11.3 Å². The highest BCUT2D eigenvalue weighted by Crippen LogP contribution is 2.52. The molecule has 0 unspecified atom stereocenters. The van der Waals surface area contributed by atoms with Crippen LogP contribution in [0, 0.1) is 0 Å². The van der Waals surface area contributed by atoms with E-state index in [1.807, 2.05) is 12.1 Å². The summed E-state index contributed by atoms with van der Waals surface area (Å²) in [5.41, 5.74) is 0. The van der Waals surface area contributed by atoms with Crippen molar-refractivity contribution < 1.29 is 0 Å². The molecule has 1 aromatic heterocycles. The second kappa shape index (κ2) is 4.84. The van der Waals surface area contributed by atoms with Gasteiger partial charge in [-0.1, -0.05) is 95.6 Å². The van der Waals surface area contributed by atoms with Crippen LogP contribution in [0.3, 0.4) is 0 Å². The van der Waals surface area contributed by atoms with Crippen molar-refractivity contribution in [1.29, 1.82) is 0 Å². The molecule has 7 heteroatoms. The predicted molar refractivity (Wildman–Crippen MR) is 81.2 cm³/mol. The summed E-state index contributed by atoms with van der Waals surface area (Å²) >= 11 is 22.5. The van der Waals surface area contributed by atoms with E-state index in [9.17, 15) is 0 Å². The number of rotatable bonds is 0. The standard InChI is InChI=1S/C6H2Br6S/c7-5(8,9)3-1-2-4(13-3)6(10,11)12/h1-2H. The van der Waals surface area contributed by atoms with E-state index in [4.69, 9.17) is 0 Å². The summed E-state index contributed by atoms with van der Waals surface area (Å²) in [5, 5.41) is 0. The Kier molecular flexibility index (Phi) is 5.08. The van der Waals surface area contributed by atoms with Crippen molar-refractivity contribution in [3.05, 3.63) is 21.9 Å². The van der Waals surface area contributed by atoms with Crippen molar-refractivity contribution in [2.75, 3.05) is 0 Å². The molecular weight excluding hydrogens is 584 g/mol. The smallest absolute Gasteiger partial charge is 0.139 e. The van der Waals surface area contributed by atoms with Gasteiger partial charge in [-0.15, -0.1) is 11.3 Å². The van der Waals surface area contributed by atoms with Crippen molar-refractivity contribution in [3.63, 3.8) is 0 Å². The fourth-order valence-electron chi connectivity index (χ4n) is 0.643. The maximum atomic E-state index is 3.46. The third-order valence-corrected chi connectivity index (χ3v) is 6.63. The highest BCUT2D eigenvalue weighted by atomic mass is 80.0. The second-order valence-corrected chi connectivity index (χ2v) is 16.8. The summed E-state index contributed by atoms with van der Waals surface area (Å²) in [6.07, 6.45) is 0. The molecule has 1 aromatic rings. The molecule has 0 aliphatic heterocycles. The molecule has 1 heterocycles. The fourth-order valence-corrected chi connectivity index (χ4v) is 3.63. The molecule has 13 heavy (non-hydrogen) atoms. The Hall–Kier alpha value is 2.58. The maximum Gasteiger partial charge on any atom is 0.168 e. The number of thiophene rings is 1. The van der Waals surface area contributed by atoms with Gasteiger partial charge in [0.05, 0.1) is 0 Å². The first-order valence-electron chi connectivity index (χ1n) is 2.95. The Labute approximate surface area is 131 Å². The molecule has 0 N–H and O–H groups in total. The number of alkyl halides is 6. The minimum atomic E-state index is -0.325. The van der Waals surface area contributed by atoms with Gasteiger partial charge in [-0.2, -0.15) is 0 Å². The highest BCUT2D eigenvalue weighted by molar-refractivity contribution is 9.39. The van der Waals surface area contributed by atoms with Crippen LogP contribution >= 0.6 is 107 Å². The minimum absolute atomic E-state index is 0.325. The zero-order chi connectivity index (χ0) is 10.3. The van der Waals surface area contributed by atoms with Crippen LogP contribution in [0.5, 0.6) is 0 Å². The normalized spacial score (nSPS) is 13.4. The molecule has 0 amide bonds. The van der Waals surface area contributed by atoms with Crippen LogP contribution in [0.1, 0.15) is 9.75 Å². The molecule has 0 nitrogen and oxygen atoms in total. The molecule has 0 saturated carbocycles. The third-order valence-electron chi connectivity index (χ3n) is 1.16. The Balaban J connectivity index is 3.01. The molecule has 0 fully saturated rings. The van der Waals surface area contributed by atoms with Crippen LogP contribution in [0.4, 0.5) is 0 Å². The number of hydrogen-bond donors (Lipinski definition) is 0. The zero-order valence-electron chi connectivity index (χ0n) is 5.83. The highest BCUT2D eigenvalue weighted by Gasteiger charge is 2.28. The minimum Gasteiger partial charge on any atom is -0.139 e. The van der Waals surface area contributed by atoms with Crippen LogP contribution in [-0.2, 0) is 4.29 Å². The Morgan fingerprint density at radius 2 is 1.08 bits per heavy atom. The van der Waals surface area contributed by atoms with Crippen LogP contribution in [0.2, 0.25) is 0 Å². The average Bonchev–Trinajstić information content (AvgIpc) is 2.28. The lowest BCUT2D eigenvalue weighted by atomic mass is 10.5. The Morgan fingerprint density at radius 1 is 0.769 bits per heavy atom. The monoisotopic (exact) mass is 579 g/mol. The summed E-state index contributed by atoms with van der Waals surface area (Å²) in [6.45, 7) is 0. The van der Waals surface area contributed by atoms with Gasteiger partial charge < -0.3 is 0 Å². The van der Waals surface area contributed by atoms with Gasteiger partial charge in [-0.3, -0.25) is 0 Å². The van der Waals surface area contributed by atoms with Crippen molar-refractivity contribution >= 4 is 107 Å². The largest absolute Gasteiger partial charge is 0.168 e. The first kappa shape index (κ1) is 13.6. The molecule has 0 aliphatic carbocycles. The van der Waals surface area contributed by atoms with Crippen molar-refractivity contribution in [2.45, 2.75) is 4.29 Å². The van der Waals surface area contributed by atoms with Gasteiger partial charge in [0.25, 0.3) is 0 Å². The van der Waals surface area contributed by atoms with E-state index in [0.717, 1.165) is 9.75 Å². The Morgan fingerprint density at radius 3 is 1.23 bits per heavy atom. The predicted octanol–water partition coefficient (Wildman–Crippen LogP) is 6.34. The molecular formula is C6H2Br6S. The summed E-state index contributed by atoms with van der Waals surface area (Å²) in [7, 11) is 0. The lowest BCUT2D eigenvalue weighted by Gasteiger charge is -2.10. The van der Waals surface area contributed by atoms with Gasteiger partial charge >= 0.3 is 0 Å². The van der Waals surface area contributed by atoms with Crippen molar-refractivity contribution in [3.8, 4) is 0 Å². The lowest BCUT2D eigenvalue weighted by molar-refractivity contribution is 1.47. The van der Waals surface area contributed by atoms with Crippen LogP contribution in [0.15, 0.2) is 12.1 Å². The van der Waals surface area contributed by atoms with E-state index in [2.05, 4.69) is 95.6 Å². The Bertz CT molecular complexity index is 264. The molecule has 0 aromatic carbocycles. The van der Waals surface area contributed by atoms with Crippen LogP contribution < -0.4 is 0 Å². The first-order chi connectivity index (χ1) is 5.71.